The van der Waals surface area contributed by atoms with E-state index in [2.05, 4.69) is 15.0 Å². The first-order valence-corrected chi connectivity index (χ1v) is 5.19. The van der Waals surface area contributed by atoms with Crippen molar-refractivity contribution in [3.8, 4) is 0 Å². The van der Waals surface area contributed by atoms with Crippen molar-refractivity contribution in [3.63, 3.8) is 0 Å². The summed E-state index contributed by atoms with van der Waals surface area (Å²) in [7, 11) is 1.13. The second-order valence-electron chi connectivity index (χ2n) is 3.50. The van der Waals surface area contributed by atoms with Gasteiger partial charge in [-0.05, 0) is 12.1 Å². The highest BCUT2D eigenvalue weighted by Crippen LogP contribution is 2.07. The van der Waals surface area contributed by atoms with Crippen LogP contribution in [-0.4, -0.2) is 52.7 Å². The molecule has 0 saturated carbocycles. The second kappa shape index (κ2) is 6.27. The van der Waals surface area contributed by atoms with Crippen molar-refractivity contribution in [1.29, 1.82) is 0 Å². The average molecular weight is 282 g/mol. The first-order valence-electron chi connectivity index (χ1n) is 5.19. The van der Waals surface area contributed by atoms with Crippen molar-refractivity contribution >= 4 is 23.8 Å². The van der Waals surface area contributed by atoms with Crippen molar-refractivity contribution in [2.24, 2.45) is 0 Å². The third-order valence-corrected chi connectivity index (χ3v) is 2.15. The number of carbonyl (C=O) groups is 4. The van der Waals surface area contributed by atoms with E-state index in [0.717, 1.165) is 19.2 Å². The molecule has 0 atom stereocenters. The molecular formula is C11H10N2O7. The van der Waals surface area contributed by atoms with Crippen LogP contribution < -0.4 is 5.32 Å². The Kier molecular flexibility index (Phi) is 4.73. The summed E-state index contributed by atoms with van der Waals surface area (Å²) < 4.78 is 4.31. The van der Waals surface area contributed by atoms with Gasteiger partial charge in [0.25, 0.3) is 5.91 Å². The SMILES string of the molecule is COC(=O)CNC(=O)c1cc(C(=O)O)nc(C(=O)O)c1. The summed E-state index contributed by atoms with van der Waals surface area (Å²) in [5, 5.41) is 19.7. The van der Waals surface area contributed by atoms with E-state index in [0.29, 0.717) is 0 Å². The molecule has 1 rings (SSSR count). The molecule has 1 aromatic rings. The highest BCUT2D eigenvalue weighted by Gasteiger charge is 2.17. The van der Waals surface area contributed by atoms with Gasteiger partial charge in [-0.2, -0.15) is 0 Å². The fourth-order valence-electron chi connectivity index (χ4n) is 1.21. The first kappa shape index (κ1) is 15.1. The highest BCUT2D eigenvalue weighted by atomic mass is 16.5. The van der Waals surface area contributed by atoms with Gasteiger partial charge in [0.05, 0.1) is 7.11 Å². The monoisotopic (exact) mass is 282 g/mol. The summed E-state index contributed by atoms with van der Waals surface area (Å²) in [5.41, 5.74) is -1.42. The minimum absolute atomic E-state index is 0.237. The molecule has 0 spiro atoms. The number of ether oxygens (including phenoxy) is 1. The number of esters is 1. The Labute approximate surface area is 112 Å². The van der Waals surface area contributed by atoms with E-state index in [-0.39, 0.29) is 5.56 Å². The summed E-state index contributed by atoms with van der Waals surface area (Å²) in [6.07, 6.45) is 0. The quantitative estimate of drug-likeness (QED) is 0.606. The van der Waals surface area contributed by atoms with Crippen LogP contribution in [0.1, 0.15) is 31.3 Å². The largest absolute Gasteiger partial charge is 0.477 e. The maximum atomic E-state index is 11.7. The van der Waals surface area contributed by atoms with Crippen molar-refractivity contribution in [2.75, 3.05) is 13.7 Å². The van der Waals surface area contributed by atoms with Crippen molar-refractivity contribution < 1.29 is 34.1 Å². The number of carboxylic acids is 2. The second-order valence-corrected chi connectivity index (χ2v) is 3.50. The minimum atomic E-state index is -1.48. The van der Waals surface area contributed by atoms with Crippen molar-refractivity contribution in [2.45, 2.75) is 0 Å². The predicted molar refractivity (Wildman–Crippen MR) is 62.5 cm³/mol. The zero-order valence-corrected chi connectivity index (χ0v) is 10.2. The van der Waals surface area contributed by atoms with E-state index in [9.17, 15) is 19.2 Å². The van der Waals surface area contributed by atoms with Crippen LogP contribution in [-0.2, 0) is 9.53 Å². The summed E-state index contributed by atoms with van der Waals surface area (Å²) in [6, 6.07) is 1.81. The van der Waals surface area contributed by atoms with Gasteiger partial charge in [0.15, 0.2) is 0 Å². The molecule has 9 heteroatoms. The molecule has 1 aromatic heterocycles. The molecule has 106 valence electrons. The van der Waals surface area contributed by atoms with E-state index >= 15 is 0 Å². The van der Waals surface area contributed by atoms with E-state index < -0.39 is 41.7 Å². The lowest BCUT2D eigenvalue weighted by molar-refractivity contribution is -0.139. The molecule has 3 N–H and O–H groups in total. The number of methoxy groups -OCH3 is 1. The Hall–Kier alpha value is -2.97. The van der Waals surface area contributed by atoms with E-state index in [1.165, 1.54) is 0 Å². The van der Waals surface area contributed by atoms with Crippen molar-refractivity contribution in [3.05, 3.63) is 29.1 Å². The molecule has 20 heavy (non-hydrogen) atoms. The number of carboxylic acid groups (broad SMARTS) is 2. The van der Waals surface area contributed by atoms with Gasteiger partial charge in [-0.1, -0.05) is 0 Å². The van der Waals surface area contributed by atoms with Crippen LogP contribution in [0.4, 0.5) is 0 Å². The maximum absolute atomic E-state index is 11.7. The van der Waals surface area contributed by atoms with Crippen LogP contribution >= 0.6 is 0 Å². The van der Waals surface area contributed by atoms with Gasteiger partial charge in [-0.3, -0.25) is 9.59 Å². The van der Waals surface area contributed by atoms with E-state index in [4.69, 9.17) is 10.2 Å². The van der Waals surface area contributed by atoms with E-state index in [1.54, 1.807) is 0 Å². The fraction of sp³-hybridized carbons (Fsp3) is 0.182. The Balaban J connectivity index is 3.04. The lowest BCUT2D eigenvalue weighted by atomic mass is 10.1. The Morgan fingerprint density at radius 2 is 1.65 bits per heavy atom. The number of nitrogens with one attached hydrogen (secondary N) is 1. The molecule has 0 fully saturated rings. The number of hydrogen-bond donors (Lipinski definition) is 3. The maximum Gasteiger partial charge on any atom is 0.354 e. The number of rotatable bonds is 5. The molecule has 0 aliphatic heterocycles. The van der Waals surface area contributed by atoms with Crippen LogP contribution in [0.2, 0.25) is 0 Å². The molecule has 0 aromatic carbocycles. The smallest absolute Gasteiger partial charge is 0.354 e. The zero-order chi connectivity index (χ0) is 15.3. The molecule has 0 bridgehead atoms. The fourth-order valence-corrected chi connectivity index (χ4v) is 1.21. The van der Waals surface area contributed by atoms with Gasteiger partial charge in [-0.15, -0.1) is 0 Å². The van der Waals surface area contributed by atoms with Crippen LogP contribution in [0.3, 0.4) is 0 Å². The van der Waals surface area contributed by atoms with Crippen LogP contribution in [0.15, 0.2) is 12.1 Å². The van der Waals surface area contributed by atoms with Gasteiger partial charge in [0, 0.05) is 5.56 Å². The zero-order valence-electron chi connectivity index (χ0n) is 10.2. The van der Waals surface area contributed by atoms with Gasteiger partial charge in [0.1, 0.15) is 17.9 Å². The minimum Gasteiger partial charge on any atom is -0.477 e. The van der Waals surface area contributed by atoms with Gasteiger partial charge in [-0.25, -0.2) is 14.6 Å². The first-order chi connectivity index (χ1) is 9.35. The van der Waals surface area contributed by atoms with E-state index in [1.807, 2.05) is 0 Å². The third kappa shape index (κ3) is 3.77. The Bertz CT molecular complexity index is 550. The standard InChI is InChI=1S/C11H10N2O7/c1-20-8(14)4-12-9(15)5-2-6(10(16)17)13-7(3-5)11(18)19/h2-3H,4H2,1H3,(H,12,15)(H,16,17)(H,18,19). The lowest BCUT2D eigenvalue weighted by Gasteiger charge is -2.05. The molecule has 0 saturated heterocycles. The van der Waals surface area contributed by atoms with Gasteiger partial charge in [0.2, 0.25) is 0 Å². The third-order valence-electron chi connectivity index (χ3n) is 2.15. The van der Waals surface area contributed by atoms with Crippen LogP contribution in [0, 0.1) is 0 Å². The molecule has 9 nitrogen and oxygen atoms in total. The Morgan fingerprint density at radius 1 is 1.15 bits per heavy atom. The number of nitrogens with zero attached hydrogens (tertiary/aromatic N) is 1. The molecule has 0 aliphatic carbocycles. The average Bonchev–Trinajstić information content (AvgIpc) is 2.43. The topological polar surface area (TPSA) is 143 Å². The number of amides is 1. The summed E-state index contributed by atoms with van der Waals surface area (Å²) in [5.74, 6) is -4.47. The number of hydrogen-bond acceptors (Lipinski definition) is 6. The molecule has 0 radical (unpaired) electrons. The molecule has 1 amide bonds. The Morgan fingerprint density at radius 3 is 2.05 bits per heavy atom. The van der Waals surface area contributed by atoms with Gasteiger partial charge >= 0.3 is 17.9 Å². The summed E-state index contributed by atoms with van der Waals surface area (Å²) >= 11 is 0. The van der Waals surface area contributed by atoms with Crippen LogP contribution in [0.25, 0.3) is 0 Å². The van der Waals surface area contributed by atoms with Crippen molar-refractivity contribution in [1.82, 2.24) is 10.3 Å². The number of carbonyl (C=O) groups excluding carboxylic acids is 2. The lowest BCUT2D eigenvalue weighted by Crippen LogP contribution is -2.30. The number of aromatic carboxylic acids is 2. The summed E-state index contributed by atoms with van der Waals surface area (Å²) in [6.45, 7) is -0.428. The molecule has 1 heterocycles. The predicted octanol–water partition coefficient (Wildman–Crippen LogP) is -0.619. The summed E-state index contributed by atoms with van der Waals surface area (Å²) in [4.78, 5) is 47.5. The van der Waals surface area contributed by atoms with Gasteiger partial charge < -0.3 is 20.3 Å². The number of pyridine rings is 1. The molecular weight excluding hydrogens is 272 g/mol. The highest BCUT2D eigenvalue weighted by molar-refractivity contribution is 6.00. The normalized spacial score (nSPS) is 9.65. The van der Waals surface area contributed by atoms with Crippen LogP contribution in [0.5, 0.6) is 0 Å². The number of aromatic nitrogens is 1. The molecule has 0 unspecified atom stereocenters. The molecule has 0 aliphatic rings.